The van der Waals surface area contributed by atoms with E-state index in [4.69, 9.17) is 10.5 Å². The van der Waals surface area contributed by atoms with Crippen LogP contribution in [0.2, 0.25) is 0 Å². The molecule has 0 unspecified atom stereocenters. The van der Waals surface area contributed by atoms with Crippen LogP contribution in [0, 0.1) is 0 Å². The smallest absolute Gasteiger partial charge is 0.341 e. The maximum Gasteiger partial charge on any atom is 0.341 e. The summed E-state index contributed by atoms with van der Waals surface area (Å²) >= 11 is 3.25. The molecule has 0 saturated carbocycles. The van der Waals surface area contributed by atoms with Crippen LogP contribution in [-0.4, -0.2) is 13.1 Å². The number of ether oxygens (including phenoxy) is 1. The average Bonchev–Trinajstić information content (AvgIpc) is 2.90. The van der Waals surface area contributed by atoms with Crippen LogP contribution >= 0.6 is 22.7 Å². The first-order chi connectivity index (χ1) is 8.22. The first-order valence-corrected chi connectivity index (χ1v) is 6.98. The number of thiophene rings is 2. The lowest BCUT2D eigenvalue weighted by Gasteiger charge is -2.13. The van der Waals surface area contributed by atoms with Gasteiger partial charge in [-0.2, -0.15) is 0 Å². The van der Waals surface area contributed by atoms with Gasteiger partial charge in [0.05, 0.1) is 7.11 Å². The van der Waals surface area contributed by atoms with Gasteiger partial charge in [0, 0.05) is 15.3 Å². The fraction of sp³-hybridized carbons (Fsp3) is 0.250. The largest absolute Gasteiger partial charge is 0.465 e. The second-order valence-electron chi connectivity index (χ2n) is 3.89. The Balaban J connectivity index is 2.27. The van der Waals surface area contributed by atoms with E-state index in [-0.39, 0.29) is 5.97 Å². The predicted octanol–water partition coefficient (Wildman–Crippen LogP) is 2.94. The van der Waals surface area contributed by atoms with Crippen LogP contribution in [0.25, 0.3) is 11.1 Å². The van der Waals surface area contributed by atoms with E-state index in [0.29, 0.717) is 10.6 Å². The summed E-state index contributed by atoms with van der Waals surface area (Å²) in [5.74, 6) is -0.334. The molecule has 2 heterocycles. The number of fused-ring (bicyclic) bond motifs is 3. The topological polar surface area (TPSA) is 52.3 Å². The fourth-order valence-corrected chi connectivity index (χ4v) is 4.20. The van der Waals surface area contributed by atoms with Gasteiger partial charge in [-0.3, -0.25) is 0 Å². The minimum atomic E-state index is -0.334. The highest BCUT2D eigenvalue weighted by atomic mass is 32.1. The molecular weight excluding hydrogens is 254 g/mol. The van der Waals surface area contributed by atoms with Gasteiger partial charge in [0.25, 0.3) is 0 Å². The number of nitrogen functional groups attached to an aromatic ring is 1. The molecule has 2 N–H and O–H groups in total. The summed E-state index contributed by atoms with van der Waals surface area (Å²) in [6.45, 7) is 0. The van der Waals surface area contributed by atoms with Crippen LogP contribution in [0.1, 0.15) is 20.1 Å². The van der Waals surface area contributed by atoms with Gasteiger partial charge < -0.3 is 10.5 Å². The quantitative estimate of drug-likeness (QED) is 0.807. The highest BCUT2D eigenvalue weighted by molar-refractivity contribution is 7.17. The Morgan fingerprint density at radius 1 is 1.41 bits per heavy atom. The summed E-state index contributed by atoms with van der Waals surface area (Å²) in [5.41, 5.74) is 8.65. The van der Waals surface area contributed by atoms with Gasteiger partial charge in [-0.15, -0.1) is 22.7 Å². The third kappa shape index (κ3) is 1.50. The number of carbonyl (C=O) groups excluding carboxylic acids is 1. The van der Waals surface area contributed by atoms with Crippen molar-refractivity contribution in [3.05, 3.63) is 26.8 Å². The summed E-state index contributed by atoms with van der Waals surface area (Å²) in [6, 6.07) is 2.07. The second kappa shape index (κ2) is 3.85. The van der Waals surface area contributed by atoms with Crippen molar-refractivity contribution in [1.82, 2.24) is 0 Å². The molecule has 2 aromatic heterocycles. The number of aryl methyl sites for hydroxylation is 2. The lowest BCUT2D eigenvalue weighted by molar-refractivity contribution is 0.0603. The molecule has 0 atom stereocenters. The number of hydrogen-bond acceptors (Lipinski definition) is 5. The normalized spacial score (nSPS) is 13.0. The lowest BCUT2D eigenvalue weighted by atomic mass is 9.94. The number of nitrogens with two attached hydrogens (primary N) is 1. The van der Waals surface area contributed by atoms with E-state index in [1.165, 1.54) is 28.2 Å². The van der Waals surface area contributed by atoms with Gasteiger partial charge in [-0.05, 0) is 29.9 Å². The molecule has 0 radical (unpaired) electrons. The SMILES string of the molecule is COC(=O)c1c(N)sc2c1-c1ccsc1CC2. The van der Waals surface area contributed by atoms with E-state index in [1.807, 2.05) is 0 Å². The molecule has 5 heteroatoms. The Morgan fingerprint density at radius 3 is 2.94 bits per heavy atom. The zero-order chi connectivity index (χ0) is 12.0. The van der Waals surface area contributed by atoms with E-state index in [9.17, 15) is 4.79 Å². The molecule has 1 aliphatic carbocycles. The van der Waals surface area contributed by atoms with E-state index < -0.39 is 0 Å². The minimum absolute atomic E-state index is 0.334. The molecular formula is C12H11NO2S2. The number of hydrogen-bond donors (Lipinski definition) is 1. The molecule has 0 amide bonds. The Morgan fingerprint density at radius 2 is 2.18 bits per heavy atom. The van der Waals surface area contributed by atoms with E-state index in [2.05, 4.69) is 11.4 Å². The summed E-state index contributed by atoms with van der Waals surface area (Å²) in [7, 11) is 1.39. The molecule has 1 aliphatic rings. The van der Waals surface area contributed by atoms with Crippen LogP contribution in [-0.2, 0) is 17.6 Å². The Bertz CT molecular complexity index is 598. The van der Waals surface area contributed by atoms with Crippen molar-refractivity contribution in [2.24, 2.45) is 0 Å². The van der Waals surface area contributed by atoms with Crippen molar-refractivity contribution < 1.29 is 9.53 Å². The molecule has 0 saturated heterocycles. The fourth-order valence-electron chi connectivity index (χ4n) is 2.25. The van der Waals surface area contributed by atoms with Crippen molar-refractivity contribution in [3.63, 3.8) is 0 Å². The van der Waals surface area contributed by atoms with Crippen molar-refractivity contribution in [1.29, 1.82) is 0 Å². The van der Waals surface area contributed by atoms with E-state index >= 15 is 0 Å². The molecule has 0 bridgehead atoms. The second-order valence-corrected chi connectivity index (χ2v) is 6.03. The van der Waals surface area contributed by atoms with E-state index in [1.54, 1.807) is 11.3 Å². The first kappa shape index (κ1) is 10.8. The predicted molar refractivity (Wildman–Crippen MR) is 70.8 cm³/mol. The maximum absolute atomic E-state index is 11.8. The number of esters is 1. The van der Waals surface area contributed by atoms with Gasteiger partial charge in [0.15, 0.2) is 0 Å². The summed E-state index contributed by atoms with van der Waals surface area (Å²) in [5, 5.41) is 2.63. The van der Waals surface area contributed by atoms with Crippen LogP contribution in [0.5, 0.6) is 0 Å². The molecule has 0 spiro atoms. The van der Waals surface area contributed by atoms with Crippen LogP contribution in [0.4, 0.5) is 5.00 Å². The Kier molecular flexibility index (Phi) is 2.45. The number of anilines is 1. The molecule has 0 aliphatic heterocycles. The van der Waals surface area contributed by atoms with Crippen molar-refractivity contribution in [3.8, 4) is 11.1 Å². The monoisotopic (exact) mass is 265 g/mol. The summed E-state index contributed by atoms with van der Waals surface area (Å²) in [6.07, 6.45) is 2.01. The van der Waals surface area contributed by atoms with Gasteiger partial charge in [0.1, 0.15) is 10.6 Å². The lowest BCUT2D eigenvalue weighted by Crippen LogP contribution is -2.07. The number of methoxy groups -OCH3 is 1. The Labute approximate surface area is 107 Å². The molecule has 0 aromatic carbocycles. The maximum atomic E-state index is 11.8. The standard InChI is InChI=1S/C12H11NO2S2/c1-15-12(14)10-9-6-4-5-16-7(6)2-3-8(9)17-11(10)13/h4-5H,2-3,13H2,1H3. The third-order valence-corrected chi connectivity index (χ3v) is 5.05. The molecule has 2 aromatic rings. The number of carbonyl (C=O) groups is 1. The highest BCUT2D eigenvalue weighted by Gasteiger charge is 2.28. The average molecular weight is 265 g/mol. The van der Waals surface area contributed by atoms with Gasteiger partial charge in [-0.1, -0.05) is 0 Å². The molecule has 3 rings (SSSR count). The van der Waals surface area contributed by atoms with Gasteiger partial charge in [-0.25, -0.2) is 4.79 Å². The van der Waals surface area contributed by atoms with Crippen molar-refractivity contribution >= 4 is 33.6 Å². The molecule has 17 heavy (non-hydrogen) atoms. The Hall–Kier alpha value is -1.33. The highest BCUT2D eigenvalue weighted by Crippen LogP contribution is 2.45. The first-order valence-electron chi connectivity index (χ1n) is 5.28. The third-order valence-electron chi connectivity index (χ3n) is 2.99. The number of rotatable bonds is 1. The zero-order valence-electron chi connectivity index (χ0n) is 9.28. The van der Waals surface area contributed by atoms with Crippen LogP contribution in [0.3, 0.4) is 0 Å². The summed E-state index contributed by atoms with van der Waals surface area (Å²) in [4.78, 5) is 14.3. The van der Waals surface area contributed by atoms with E-state index in [0.717, 1.165) is 24.0 Å². The van der Waals surface area contributed by atoms with Crippen molar-refractivity contribution in [2.75, 3.05) is 12.8 Å². The van der Waals surface area contributed by atoms with Gasteiger partial charge in [0.2, 0.25) is 0 Å². The molecule has 3 nitrogen and oxygen atoms in total. The van der Waals surface area contributed by atoms with Crippen LogP contribution < -0.4 is 5.73 Å². The van der Waals surface area contributed by atoms with Gasteiger partial charge >= 0.3 is 5.97 Å². The molecule has 88 valence electrons. The minimum Gasteiger partial charge on any atom is -0.465 e. The van der Waals surface area contributed by atoms with Crippen LogP contribution in [0.15, 0.2) is 11.4 Å². The molecule has 0 fully saturated rings. The van der Waals surface area contributed by atoms with Crippen molar-refractivity contribution in [2.45, 2.75) is 12.8 Å². The zero-order valence-corrected chi connectivity index (χ0v) is 10.9. The summed E-state index contributed by atoms with van der Waals surface area (Å²) < 4.78 is 4.82.